The normalized spacial score (nSPS) is 17.6. The molecule has 0 bridgehead atoms. The fourth-order valence-corrected chi connectivity index (χ4v) is 4.25. The van der Waals surface area contributed by atoms with Gasteiger partial charge in [-0.2, -0.15) is 0 Å². The van der Waals surface area contributed by atoms with Crippen molar-refractivity contribution in [2.45, 2.75) is 39.3 Å². The quantitative estimate of drug-likeness (QED) is 0.290. The highest BCUT2D eigenvalue weighted by molar-refractivity contribution is 6.05. The van der Waals surface area contributed by atoms with Crippen LogP contribution in [-0.2, 0) is 4.79 Å². The summed E-state index contributed by atoms with van der Waals surface area (Å²) in [6.07, 6.45) is 4.02. The van der Waals surface area contributed by atoms with Gasteiger partial charge in [-0.15, -0.1) is 0 Å². The molecule has 0 fully saturated rings. The number of hydrogen-bond donors (Lipinski definition) is 1. The van der Waals surface area contributed by atoms with Crippen LogP contribution in [0.25, 0.3) is 6.08 Å². The highest BCUT2D eigenvalue weighted by Gasteiger charge is 2.33. The van der Waals surface area contributed by atoms with Crippen molar-refractivity contribution in [3.63, 3.8) is 0 Å². The molecule has 1 amide bonds. The number of carbonyl (C=O) groups excluding carboxylic acids is 1. The van der Waals surface area contributed by atoms with Crippen LogP contribution in [-0.4, -0.2) is 16.9 Å². The Kier molecular flexibility index (Phi) is 6.27. The van der Waals surface area contributed by atoms with Crippen LogP contribution in [0.3, 0.4) is 0 Å². The maximum absolute atomic E-state index is 13.2. The zero-order valence-corrected chi connectivity index (χ0v) is 19.0. The summed E-state index contributed by atoms with van der Waals surface area (Å²) in [4.78, 5) is 25.5. The van der Waals surface area contributed by atoms with Crippen molar-refractivity contribution in [1.29, 1.82) is 0 Å². The lowest BCUT2D eigenvalue weighted by Crippen LogP contribution is -2.43. The van der Waals surface area contributed by atoms with Crippen LogP contribution in [0.15, 0.2) is 72.8 Å². The van der Waals surface area contributed by atoms with Crippen LogP contribution >= 0.6 is 0 Å². The van der Waals surface area contributed by atoms with Gasteiger partial charge in [0.05, 0.1) is 11.0 Å². The van der Waals surface area contributed by atoms with Crippen molar-refractivity contribution in [2.24, 2.45) is 0 Å². The summed E-state index contributed by atoms with van der Waals surface area (Å²) in [6.45, 7) is 6.16. The third-order valence-corrected chi connectivity index (χ3v) is 5.99. The molecule has 168 valence electrons. The smallest absolute Gasteiger partial charge is 0.269 e. The lowest BCUT2D eigenvalue weighted by Gasteiger charge is -2.39. The maximum Gasteiger partial charge on any atom is 0.269 e. The van der Waals surface area contributed by atoms with Crippen LogP contribution in [0.4, 0.5) is 17.1 Å². The molecule has 4 rings (SSSR count). The zero-order valence-electron chi connectivity index (χ0n) is 19.0. The summed E-state index contributed by atoms with van der Waals surface area (Å²) in [6, 6.07) is 20.8. The van der Waals surface area contributed by atoms with Gasteiger partial charge >= 0.3 is 0 Å². The molecule has 6 nitrogen and oxygen atoms in total. The molecule has 0 aromatic heterocycles. The first kappa shape index (κ1) is 22.3. The molecule has 1 aliphatic heterocycles. The topological polar surface area (TPSA) is 75.5 Å². The van der Waals surface area contributed by atoms with E-state index in [9.17, 15) is 14.9 Å². The molecule has 0 unspecified atom stereocenters. The van der Waals surface area contributed by atoms with Gasteiger partial charge in [-0.05, 0) is 80.3 Å². The van der Waals surface area contributed by atoms with Gasteiger partial charge in [0.15, 0.2) is 0 Å². The van der Waals surface area contributed by atoms with Gasteiger partial charge in [0.1, 0.15) is 0 Å². The maximum atomic E-state index is 13.2. The Morgan fingerprint density at radius 3 is 2.36 bits per heavy atom. The molecule has 0 aliphatic carbocycles. The minimum atomic E-state index is -0.436. The average molecular weight is 442 g/mol. The molecular formula is C27H27N3O3. The van der Waals surface area contributed by atoms with Crippen LogP contribution in [0, 0.1) is 24.0 Å². The lowest BCUT2D eigenvalue weighted by atomic mass is 9.90. The molecule has 33 heavy (non-hydrogen) atoms. The highest BCUT2D eigenvalue weighted by Crippen LogP contribution is 2.39. The van der Waals surface area contributed by atoms with E-state index in [0.717, 1.165) is 34.5 Å². The Morgan fingerprint density at radius 2 is 1.70 bits per heavy atom. The number of nitrogens with zero attached hydrogens (tertiary/aromatic N) is 2. The first-order valence-corrected chi connectivity index (χ1v) is 11.0. The second-order valence-electron chi connectivity index (χ2n) is 8.60. The first-order valence-electron chi connectivity index (χ1n) is 11.0. The Bertz CT molecular complexity index is 1200. The van der Waals surface area contributed by atoms with E-state index < -0.39 is 4.92 Å². The summed E-state index contributed by atoms with van der Waals surface area (Å²) in [5.74, 6) is -0.110. The van der Waals surface area contributed by atoms with Gasteiger partial charge in [0, 0.05) is 35.6 Å². The Hall–Kier alpha value is -3.93. The number of aryl methyl sites for hydroxylation is 2. The Balaban J connectivity index is 1.59. The molecule has 0 saturated carbocycles. The number of nitro benzene ring substituents is 1. The second-order valence-corrected chi connectivity index (χ2v) is 8.60. The van der Waals surface area contributed by atoms with E-state index in [1.807, 2.05) is 11.8 Å². The fraction of sp³-hybridized carbons (Fsp3) is 0.222. The number of hydrogen-bond acceptors (Lipinski definition) is 4. The molecule has 2 atom stereocenters. The number of non-ortho nitro benzene ring substituents is 1. The van der Waals surface area contributed by atoms with Crippen molar-refractivity contribution in [1.82, 2.24) is 0 Å². The number of carbonyl (C=O) groups is 1. The number of amides is 1. The number of benzene rings is 3. The third-order valence-electron chi connectivity index (χ3n) is 5.99. The molecule has 0 saturated heterocycles. The van der Waals surface area contributed by atoms with E-state index in [1.165, 1.54) is 23.8 Å². The first-order chi connectivity index (χ1) is 15.8. The highest BCUT2D eigenvalue weighted by atomic mass is 16.6. The minimum absolute atomic E-state index is 0.00346. The summed E-state index contributed by atoms with van der Waals surface area (Å²) in [7, 11) is 0. The van der Waals surface area contributed by atoms with Crippen molar-refractivity contribution >= 4 is 29.0 Å². The van der Waals surface area contributed by atoms with E-state index in [4.69, 9.17) is 0 Å². The van der Waals surface area contributed by atoms with Crippen molar-refractivity contribution < 1.29 is 9.72 Å². The molecule has 1 N–H and O–H groups in total. The number of rotatable bonds is 5. The second kappa shape index (κ2) is 9.28. The van der Waals surface area contributed by atoms with Crippen LogP contribution < -0.4 is 10.2 Å². The van der Waals surface area contributed by atoms with Gasteiger partial charge in [0.2, 0.25) is 0 Å². The van der Waals surface area contributed by atoms with Gasteiger partial charge in [0.25, 0.3) is 11.6 Å². The largest absolute Gasteiger partial charge is 0.378 e. The predicted molar refractivity (Wildman–Crippen MR) is 132 cm³/mol. The molecule has 0 radical (unpaired) electrons. The third kappa shape index (κ3) is 4.95. The molecule has 1 heterocycles. The Labute approximate surface area is 193 Å². The molecular weight excluding hydrogens is 414 g/mol. The van der Waals surface area contributed by atoms with Crippen molar-refractivity contribution in [3.05, 3.63) is 105 Å². The zero-order chi connectivity index (χ0) is 23.5. The summed E-state index contributed by atoms with van der Waals surface area (Å²) >= 11 is 0. The van der Waals surface area contributed by atoms with E-state index in [0.29, 0.717) is 0 Å². The molecule has 3 aromatic rings. The number of anilines is 2. The van der Waals surface area contributed by atoms with Crippen LogP contribution in [0.2, 0.25) is 0 Å². The minimum Gasteiger partial charge on any atom is -0.378 e. The predicted octanol–water partition coefficient (Wildman–Crippen LogP) is 6.20. The summed E-state index contributed by atoms with van der Waals surface area (Å²) < 4.78 is 0. The van der Waals surface area contributed by atoms with Crippen LogP contribution in [0.5, 0.6) is 0 Å². The number of fused-ring (bicyclic) bond motifs is 1. The standard InChI is InChI=1S/C27H27N3O3/c1-18-4-10-22(11-5-18)28-25-17-20(3)29(26-16-19(2)6-14-24(25)26)27(31)15-9-21-7-12-23(13-8-21)30(32)33/h4-16,20,25,28H,17H2,1-3H3/b15-9+/t20-,25+/m0/s1. The van der Waals surface area contributed by atoms with Gasteiger partial charge in [-0.25, -0.2) is 0 Å². The molecule has 0 spiro atoms. The Morgan fingerprint density at radius 1 is 1.03 bits per heavy atom. The van der Waals surface area contributed by atoms with Gasteiger partial charge < -0.3 is 10.2 Å². The van der Waals surface area contributed by atoms with Crippen molar-refractivity contribution in [3.8, 4) is 0 Å². The van der Waals surface area contributed by atoms with E-state index in [2.05, 4.69) is 61.6 Å². The average Bonchev–Trinajstić information content (AvgIpc) is 2.79. The molecule has 6 heteroatoms. The van der Waals surface area contributed by atoms with E-state index in [1.54, 1.807) is 18.2 Å². The monoisotopic (exact) mass is 441 g/mol. The van der Waals surface area contributed by atoms with E-state index >= 15 is 0 Å². The molecule has 1 aliphatic rings. The summed E-state index contributed by atoms with van der Waals surface area (Å²) in [5, 5.41) is 14.5. The van der Waals surface area contributed by atoms with Gasteiger partial charge in [-0.1, -0.05) is 29.8 Å². The fourth-order valence-electron chi connectivity index (χ4n) is 4.25. The number of nitro groups is 1. The van der Waals surface area contributed by atoms with Gasteiger partial charge in [-0.3, -0.25) is 14.9 Å². The number of nitrogens with one attached hydrogen (secondary N) is 1. The summed E-state index contributed by atoms with van der Waals surface area (Å²) in [5.41, 5.74) is 6.14. The van der Waals surface area contributed by atoms with E-state index in [-0.39, 0.29) is 23.7 Å². The van der Waals surface area contributed by atoms with Crippen molar-refractivity contribution in [2.75, 3.05) is 10.2 Å². The van der Waals surface area contributed by atoms with Crippen LogP contribution in [0.1, 0.15) is 41.6 Å². The molecule has 3 aromatic carbocycles. The lowest BCUT2D eigenvalue weighted by molar-refractivity contribution is -0.384. The SMILES string of the molecule is Cc1ccc(N[C@@H]2C[C@H](C)N(C(=O)/C=C/c3ccc([N+](=O)[O-])cc3)c3cc(C)ccc32)cc1.